The standard InChI is InChI=1S/C15H22O3/c1-17-11-12-5-2-3-7-14(12)15(16)9-8-13-6-4-10-18-13/h2-3,5,7,13,15-16H,4,6,8-11H2,1H3. The summed E-state index contributed by atoms with van der Waals surface area (Å²) in [5, 5.41) is 10.3. The number of rotatable bonds is 6. The molecule has 0 amide bonds. The van der Waals surface area contributed by atoms with Gasteiger partial charge in [-0.15, -0.1) is 0 Å². The van der Waals surface area contributed by atoms with Crippen LogP contribution < -0.4 is 0 Å². The zero-order chi connectivity index (χ0) is 12.8. The van der Waals surface area contributed by atoms with Crippen molar-refractivity contribution in [2.24, 2.45) is 0 Å². The van der Waals surface area contributed by atoms with Gasteiger partial charge in [-0.25, -0.2) is 0 Å². The molecule has 1 N–H and O–H groups in total. The second-order valence-corrected chi connectivity index (χ2v) is 4.86. The Balaban J connectivity index is 1.92. The highest BCUT2D eigenvalue weighted by Gasteiger charge is 2.18. The molecule has 1 aromatic rings. The Bertz CT molecular complexity index is 359. The van der Waals surface area contributed by atoms with Gasteiger partial charge in [0.05, 0.1) is 18.8 Å². The Morgan fingerprint density at radius 2 is 2.28 bits per heavy atom. The average Bonchev–Trinajstić information content (AvgIpc) is 2.90. The van der Waals surface area contributed by atoms with Crippen molar-refractivity contribution in [1.82, 2.24) is 0 Å². The second kappa shape index (κ2) is 6.88. The van der Waals surface area contributed by atoms with E-state index in [2.05, 4.69) is 0 Å². The summed E-state index contributed by atoms with van der Waals surface area (Å²) in [6.45, 7) is 1.42. The van der Waals surface area contributed by atoms with E-state index in [1.165, 1.54) is 0 Å². The van der Waals surface area contributed by atoms with Gasteiger partial charge < -0.3 is 14.6 Å². The number of ether oxygens (including phenoxy) is 2. The van der Waals surface area contributed by atoms with E-state index in [1.807, 2.05) is 24.3 Å². The molecule has 0 bridgehead atoms. The lowest BCUT2D eigenvalue weighted by molar-refractivity contribution is 0.0803. The van der Waals surface area contributed by atoms with Crippen molar-refractivity contribution >= 4 is 0 Å². The molecule has 0 aromatic heterocycles. The Hall–Kier alpha value is -0.900. The Labute approximate surface area is 109 Å². The molecule has 1 saturated heterocycles. The summed E-state index contributed by atoms with van der Waals surface area (Å²) < 4.78 is 10.7. The maximum absolute atomic E-state index is 10.3. The minimum atomic E-state index is -0.416. The van der Waals surface area contributed by atoms with Crippen molar-refractivity contribution in [3.8, 4) is 0 Å². The minimum Gasteiger partial charge on any atom is -0.388 e. The molecule has 2 rings (SSSR count). The van der Waals surface area contributed by atoms with E-state index in [0.717, 1.165) is 43.4 Å². The maximum atomic E-state index is 10.3. The summed E-state index contributed by atoms with van der Waals surface area (Å²) in [5.74, 6) is 0. The maximum Gasteiger partial charge on any atom is 0.0794 e. The van der Waals surface area contributed by atoms with Crippen molar-refractivity contribution in [1.29, 1.82) is 0 Å². The first-order chi connectivity index (χ1) is 8.81. The lowest BCUT2D eigenvalue weighted by atomic mass is 9.98. The lowest BCUT2D eigenvalue weighted by Gasteiger charge is -2.17. The molecule has 2 unspecified atom stereocenters. The van der Waals surface area contributed by atoms with Gasteiger partial charge in [0.25, 0.3) is 0 Å². The Kier molecular flexibility index (Phi) is 5.17. The topological polar surface area (TPSA) is 38.7 Å². The van der Waals surface area contributed by atoms with Gasteiger partial charge in [-0.1, -0.05) is 24.3 Å². The fraction of sp³-hybridized carbons (Fsp3) is 0.600. The molecule has 1 heterocycles. The van der Waals surface area contributed by atoms with Crippen molar-refractivity contribution in [2.75, 3.05) is 13.7 Å². The third-order valence-corrected chi connectivity index (χ3v) is 3.50. The van der Waals surface area contributed by atoms with Crippen LogP contribution in [-0.4, -0.2) is 24.9 Å². The normalized spacial score (nSPS) is 21.1. The van der Waals surface area contributed by atoms with Crippen LogP contribution in [0.5, 0.6) is 0 Å². The van der Waals surface area contributed by atoms with Crippen LogP contribution in [0.2, 0.25) is 0 Å². The molecule has 3 nitrogen and oxygen atoms in total. The molecule has 100 valence electrons. The first-order valence-corrected chi connectivity index (χ1v) is 6.67. The van der Waals surface area contributed by atoms with Crippen molar-refractivity contribution in [3.63, 3.8) is 0 Å². The van der Waals surface area contributed by atoms with Crippen LogP contribution in [0.25, 0.3) is 0 Å². The molecule has 1 fully saturated rings. The van der Waals surface area contributed by atoms with Gasteiger partial charge in [0.15, 0.2) is 0 Å². The first-order valence-electron chi connectivity index (χ1n) is 6.67. The predicted molar refractivity (Wildman–Crippen MR) is 70.3 cm³/mol. The van der Waals surface area contributed by atoms with E-state index in [9.17, 15) is 5.11 Å². The molecule has 18 heavy (non-hydrogen) atoms. The summed E-state index contributed by atoms with van der Waals surface area (Å²) in [4.78, 5) is 0. The van der Waals surface area contributed by atoms with Gasteiger partial charge >= 0.3 is 0 Å². The predicted octanol–water partition coefficient (Wildman–Crippen LogP) is 2.83. The first kappa shape index (κ1) is 13.5. The molecule has 1 aliphatic heterocycles. The number of benzene rings is 1. The van der Waals surface area contributed by atoms with E-state index in [0.29, 0.717) is 12.7 Å². The van der Waals surface area contributed by atoms with Gasteiger partial charge in [0, 0.05) is 13.7 Å². The highest BCUT2D eigenvalue weighted by molar-refractivity contribution is 5.28. The van der Waals surface area contributed by atoms with Gasteiger partial charge in [-0.3, -0.25) is 0 Å². The molecule has 0 spiro atoms. The van der Waals surface area contributed by atoms with E-state index in [-0.39, 0.29) is 0 Å². The summed E-state index contributed by atoms with van der Waals surface area (Å²) in [6.07, 6.45) is 3.90. The van der Waals surface area contributed by atoms with Gasteiger partial charge in [-0.05, 0) is 36.8 Å². The number of hydrogen-bond donors (Lipinski definition) is 1. The molecular weight excluding hydrogens is 228 g/mol. The summed E-state index contributed by atoms with van der Waals surface area (Å²) in [5.41, 5.74) is 2.05. The lowest BCUT2D eigenvalue weighted by Crippen LogP contribution is -2.09. The fourth-order valence-electron chi connectivity index (χ4n) is 2.52. The number of aliphatic hydroxyl groups excluding tert-OH is 1. The van der Waals surface area contributed by atoms with Crippen molar-refractivity contribution < 1.29 is 14.6 Å². The zero-order valence-electron chi connectivity index (χ0n) is 11.0. The van der Waals surface area contributed by atoms with E-state index in [4.69, 9.17) is 9.47 Å². The monoisotopic (exact) mass is 250 g/mol. The van der Waals surface area contributed by atoms with E-state index in [1.54, 1.807) is 7.11 Å². The van der Waals surface area contributed by atoms with Gasteiger partial charge in [0.1, 0.15) is 0 Å². The van der Waals surface area contributed by atoms with E-state index < -0.39 is 6.10 Å². The number of aliphatic hydroxyl groups is 1. The van der Waals surface area contributed by atoms with Crippen LogP contribution in [0.15, 0.2) is 24.3 Å². The molecule has 2 atom stereocenters. The number of methoxy groups -OCH3 is 1. The van der Waals surface area contributed by atoms with Crippen LogP contribution in [0.4, 0.5) is 0 Å². The fourth-order valence-corrected chi connectivity index (χ4v) is 2.52. The van der Waals surface area contributed by atoms with E-state index >= 15 is 0 Å². The highest BCUT2D eigenvalue weighted by Crippen LogP contribution is 2.26. The quantitative estimate of drug-likeness (QED) is 0.843. The van der Waals surface area contributed by atoms with Crippen LogP contribution in [0, 0.1) is 0 Å². The molecule has 0 aliphatic carbocycles. The van der Waals surface area contributed by atoms with Crippen LogP contribution in [0.3, 0.4) is 0 Å². The van der Waals surface area contributed by atoms with Crippen molar-refractivity contribution in [2.45, 2.75) is 44.5 Å². The van der Waals surface area contributed by atoms with Gasteiger partial charge in [-0.2, -0.15) is 0 Å². The number of hydrogen-bond acceptors (Lipinski definition) is 3. The zero-order valence-corrected chi connectivity index (χ0v) is 11.0. The molecule has 0 saturated carbocycles. The second-order valence-electron chi connectivity index (χ2n) is 4.86. The third kappa shape index (κ3) is 3.55. The molecular formula is C15H22O3. The molecule has 3 heteroatoms. The third-order valence-electron chi connectivity index (χ3n) is 3.50. The molecule has 1 aromatic carbocycles. The molecule has 1 aliphatic rings. The Morgan fingerprint density at radius 1 is 1.44 bits per heavy atom. The summed E-state index contributed by atoms with van der Waals surface area (Å²) in [7, 11) is 1.68. The highest BCUT2D eigenvalue weighted by atomic mass is 16.5. The van der Waals surface area contributed by atoms with Crippen LogP contribution >= 0.6 is 0 Å². The van der Waals surface area contributed by atoms with Crippen LogP contribution in [0.1, 0.15) is 42.9 Å². The minimum absolute atomic E-state index is 0.342. The SMILES string of the molecule is COCc1ccccc1C(O)CCC1CCCO1. The van der Waals surface area contributed by atoms with Crippen LogP contribution in [-0.2, 0) is 16.1 Å². The average molecular weight is 250 g/mol. The Morgan fingerprint density at radius 3 is 3.00 bits per heavy atom. The summed E-state index contributed by atoms with van der Waals surface area (Å²) >= 11 is 0. The molecule has 0 radical (unpaired) electrons. The summed E-state index contributed by atoms with van der Waals surface area (Å²) in [6, 6.07) is 7.93. The largest absolute Gasteiger partial charge is 0.388 e. The smallest absolute Gasteiger partial charge is 0.0794 e. The van der Waals surface area contributed by atoms with Crippen molar-refractivity contribution in [3.05, 3.63) is 35.4 Å². The van der Waals surface area contributed by atoms with Gasteiger partial charge in [0.2, 0.25) is 0 Å².